The average Bonchev–Trinajstić information content (AvgIpc) is 4.23. The van der Waals surface area contributed by atoms with Crippen molar-refractivity contribution in [3.8, 4) is 44.8 Å². The lowest BCUT2D eigenvalue weighted by Gasteiger charge is -2.10. The first kappa shape index (κ1) is 37.7. The molecule has 0 saturated carbocycles. The third-order valence-corrected chi connectivity index (χ3v) is 15.2. The van der Waals surface area contributed by atoms with Crippen LogP contribution in [0.25, 0.3) is 148 Å². The number of nitrogens with zero attached hydrogens (tertiary/aromatic N) is 3. The van der Waals surface area contributed by atoms with Gasteiger partial charge in [-0.15, -0.1) is 0 Å². The highest BCUT2D eigenvalue weighted by molar-refractivity contribution is 6.23. The van der Waals surface area contributed by atoms with Crippen LogP contribution < -0.4 is 0 Å². The first-order chi connectivity index (χ1) is 34.7. The molecule has 0 unspecified atom stereocenters. The van der Waals surface area contributed by atoms with Crippen molar-refractivity contribution in [3.05, 3.63) is 237 Å². The monoisotopic (exact) mass is 889 g/mol. The molecule has 0 amide bonds. The van der Waals surface area contributed by atoms with Gasteiger partial charge in [-0.3, -0.25) is 0 Å². The summed E-state index contributed by atoms with van der Waals surface area (Å²) in [4.78, 5) is 0. The quantitative estimate of drug-likeness (QED) is 0.169. The van der Waals surface area contributed by atoms with Crippen LogP contribution in [0.5, 0.6) is 0 Å². The highest BCUT2D eigenvalue weighted by Crippen LogP contribution is 2.42. The third-order valence-electron chi connectivity index (χ3n) is 15.2. The topological polar surface area (TPSA) is 27.4 Å². The summed E-state index contributed by atoms with van der Waals surface area (Å²) >= 11 is 0. The van der Waals surface area contributed by atoms with Gasteiger partial charge in [0.1, 0.15) is 11.2 Å². The van der Waals surface area contributed by atoms with Gasteiger partial charge in [-0.1, -0.05) is 152 Å². The molecular weight excluding hydrogens is 851 g/mol. The second-order valence-electron chi connectivity index (χ2n) is 18.9. The van der Waals surface area contributed by atoms with Crippen molar-refractivity contribution in [1.82, 2.24) is 13.5 Å². The van der Waals surface area contributed by atoms with Gasteiger partial charge in [-0.25, -0.2) is 0 Å². The second-order valence-corrected chi connectivity index (χ2v) is 18.9. The number of rotatable bonds is 5. The molecule has 0 N–H and O–H groups in total. The van der Waals surface area contributed by atoms with Gasteiger partial charge >= 0.3 is 0 Å². The fourth-order valence-electron chi connectivity index (χ4n) is 12.0. The summed E-state index contributed by atoms with van der Waals surface area (Å²) in [6, 6.07) is 86.7. The molecule has 0 radical (unpaired) electrons. The van der Waals surface area contributed by atoms with Gasteiger partial charge in [-0.2, -0.15) is 0 Å². The minimum atomic E-state index is 0.896. The molecule has 4 heteroatoms. The lowest BCUT2D eigenvalue weighted by Crippen LogP contribution is -1.93. The third kappa shape index (κ3) is 5.25. The second kappa shape index (κ2) is 14.1. The van der Waals surface area contributed by atoms with Crippen LogP contribution in [-0.2, 0) is 0 Å². The van der Waals surface area contributed by atoms with E-state index >= 15 is 0 Å². The van der Waals surface area contributed by atoms with Crippen molar-refractivity contribution >= 4 is 104 Å². The van der Waals surface area contributed by atoms with Gasteiger partial charge in [0.2, 0.25) is 0 Å². The summed E-state index contributed by atoms with van der Waals surface area (Å²) in [6.07, 6.45) is 0. The first-order valence-corrected chi connectivity index (χ1v) is 24.1. The van der Waals surface area contributed by atoms with E-state index in [0.717, 1.165) is 33.3 Å². The fraction of sp³-hybridized carbons (Fsp3) is 0. The normalized spacial score (nSPS) is 12.3. The molecule has 16 aromatic rings. The van der Waals surface area contributed by atoms with Crippen LogP contribution in [0.2, 0.25) is 0 Å². The van der Waals surface area contributed by atoms with E-state index in [4.69, 9.17) is 4.42 Å². The largest absolute Gasteiger partial charge is 0.456 e. The van der Waals surface area contributed by atoms with Crippen LogP contribution in [-0.4, -0.2) is 13.5 Å². The Hall–Kier alpha value is -9.38. The molecular formula is C66H39N3O. The zero-order valence-electron chi connectivity index (χ0n) is 37.8. The molecule has 0 saturated heterocycles. The van der Waals surface area contributed by atoms with Crippen LogP contribution in [0.1, 0.15) is 0 Å². The van der Waals surface area contributed by atoms with E-state index < -0.39 is 0 Å². The molecule has 0 fully saturated rings. The Morgan fingerprint density at radius 1 is 0.229 bits per heavy atom. The summed E-state index contributed by atoms with van der Waals surface area (Å²) in [7, 11) is 0. The predicted octanol–water partition coefficient (Wildman–Crippen LogP) is 17.9. The molecule has 0 spiro atoms. The highest BCUT2D eigenvalue weighted by Gasteiger charge is 2.19. The molecule has 0 bridgehead atoms. The zero-order chi connectivity index (χ0) is 45.6. The molecule has 4 nitrogen and oxygen atoms in total. The number of furan rings is 1. The van der Waals surface area contributed by atoms with E-state index in [9.17, 15) is 0 Å². The number of aromatic nitrogens is 3. The zero-order valence-corrected chi connectivity index (χ0v) is 37.8. The van der Waals surface area contributed by atoms with E-state index in [1.165, 1.54) is 115 Å². The lowest BCUT2D eigenvalue weighted by atomic mass is 9.98. The van der Waals surface area contributed by atoms with Crippen LogP contribution in [0.4, 0.5) is 0 Å². The fourth-order valence-corrected chi connectivity index (χ4v) is 12.0. The Bertz CT molecular complexity index is 4810. The maximum atomic E-state index is 6.32. The minimum Gasteiger partial charge on any atom is -0.456 e. The van der Waals surface area contributed by atoms with Gasteiger partial charge < -0.3 is 18.0 Å². The molecule has 324 valence electrons. The van der Waals surface area contributed by atoms with Crippen molar-refractivity contribution < 1.29 is 4.42 Å². The van der Waals surface area contributed by atoms with Gasteiger partial charge in [0.15, 0.2) is 0 Å². The van der Waals surface area contributed by atoms with Crippen molar-refractivity contribution in [2.45, 2.75) is 0 Å². The maximum Gasteiger partial charge on any atom is 0.137 e. The SMILES string of the molecule is c1ccc2c(c1)oc1cc(-n3c4ccccc4c4cc(-c5ccc(-c6ccc7c(c6)c6ccccc6n7-c6ccc(-c7ccc8c9cccc%10c%11ccccc%11n(c8c7)c%109)cc6)cc5)ccc43)ccc12. The molecule has 5 aromatic heterocycles. The molecule has 0 aliphatic carbocycles. The average molecular weight is 890 g/mol. The number of hydrogen-bond acceptors (Lipinski definition) is 1. The number of benzene rings is 11. The van der Waals surface area contributed by atoms with Crippen molar-refractivity contribution in [3.63, 3.8) is 0 Å². The van der Waals surface area contributed by atoms with E-state index in [-0.39, 0.29) is 0 Å². The van der Waals surface area contributed by atoms with Gasteiger partial charge in [0, 0.05) is 71.3 Å². The summed E-state index contributed by atoms with van der Waals surface area (Å²) in [5.41, 5.74) is 19.8. The van der Waals surface area contributed by atoms with Crippen LogP contribution >= 0.6 is 0 Å². The Balaban J connectivity index is 0.734. The summed E-state index contributed by atoms with van der Waals surface area (Å²) in [5.74, 6) is 0. The van der Waals surface area contributed by atoms with Gasteiger partial charge in [0.25, 0.3) is 0 Å². The number of hydrogen-bond donors (Lipinski definition) is 0. The van der Waals surface area contributed by atoms with Crippen LogP contribution in [0.3, 0.4) is 0 Å². The Labute approximate surface area is 401 Å². The van der Waals surface area contributed by atoms with Gasteiger partial charge in [0.05, 0.1) is 38.6 Å². The predicted molar refractivity (Wildman–Crippen MR) is 293 cm³/mol. The number of para-hydroxylation sites is 5. The Kier molecular flexibility index (Phi) is 7.58. The first-order valence-electron chi connectivity index (χ1n) is 24.1. The van der Waals surface area contributed by atoms with E-state index in [1.807, 2.05) is 12.1 Å². The standard InChI is InChI=1S/C66H39N3O/c1-7-18-60-48(10-1)54-14-9-15-55-51-32-26-45(38-63(51)69(60)66(54)55)42-24-29-46(30-25-42)67-58-16-5-2-11-49(58)56-36-43(27-34-61(56)67)40-20-22-41(23-21-40)44-28-35-62-57(37-44)50-12-3-6-17-59(50)68(62)47-31-33-53-52-13-4-8-19-64(52)70-65(53)39-47/h1-39H. The molecule has 11 aromatic carbocycles. The summed E-state index contributed by atoms with van der Waals surface area (Å²) in [6.45, 7) is 0. The van der Waals surface area contributed by atoms with E-state index in [1.54, 1.807) is 0 Å². The Morgan fingerprint density at radius 3 is 1.29 bits per heavy atom. The van der Waals surface area contributed by atoms with Crippen molar-refractivity contribution in [2.24, 2.45) is 0 Å². The molecule has 70 heavy (non-hydrogen) atoms. The summed E-state index contributed by atoms with van der Waals surface area (Å²) < 4.78 is 13.6. The molecule has 5 heterocycles. The Morgan fingerprint density at radius 2 is 0.643 bits per heavy atom. The maximum absolute atomic E-state index is 6.32. The highest BCUT2D eigenvalue weighted by atomic mass is 16.3. The van der Waals surface area contributed by atoms with Gasteiger partial charge in [-0.05, 0) is 112 Å². The van der Waals surface area contributed by atoms with Crippen molar-refractivity contribution in [1.29, 1.82) is 0 Å². The lowest BCUT2D eigenvalue weighted by molar-refractivity contribution is 0.668. The smallest absolute Gasteiger partial charge is 0.137 e. The van der Waals surface area contributed by atoms with Crippen molar-refractivity contribution in [2.75, 3.05) is 0 Å². The minimum absolute atomic E-state index is 0.896. The number of fused-ring (bicyclic) bond motifs is 15. The molecule has 0 atom stereocenters. The summed E-state index contributed by atoms with van der Waals surface area (Å²) in [5, 5.41) is 12.4. The molecule has 16 rings (SSSR count). The van der Waals surface area contributed by atoms with E-state index in [0.29, 0.717) is 0 Å². The van der Waals surface area contributed by atoms with Crippen LogP contribution in [0.15, 0.2) is 241 Å². The van der Waals surface area contributed by atoms with Crippen LogP contribution in [0, 0.1) is 0 Å². The molecule has 0 aliphatic rings. The molecule has 0 aliphatic heterocycles. The van der Waals surface area contributed by atoms with E-state index in [2.05, 4.69) is 238 Å².